The minimum atomic E-state index is -1.54. The molecule has 1 heterocycles. The average molecular weight is 419 g/mol. The van der Waals surface area contributed by atoms with Gasteiger partial charge in [-0.05, 0) is 55.3 Å². The van der Waals surface area contributed by atoms with Crippen molar-refractivity contribution in [3.05, 3.63) is 75.5 Å². The van der Waals surface area contributed by atoms with E-state index in [2.05, 4.69) is 10.3 Å². The Balaban J connectivity index is 2.00. The molecule has 0 bridgehead atoms. The summed E-state index contributed by atoms with van der Waals surface area (Å²) in [5.74, 6) is -3.38. The van der Waals surface area contributed by atoms with Crippen molar-refractivity contribution >= 4 is 11.6 Å². The van der Waals surface area contributed by atoms with Crippen LogP contribution in [-0.2, 0) is 6.54 Å². The Labute approximate surface area is 170 Å². The van der Waals surface area contributed by atoms with Crippen LogP contribution in [0.2, 0.25) is 0 Å². The Hall–Kier alpha value is -3.49. The molecule has 3 aromatic rings. The number of ether oxygens (including phenoxy) is 2. The first-order chi connectivity index (χ1) is 14.3. The third-order valence-electron chi connectivity index (χ3n) is 4.34. The second-order valence-electron chi connectivity index (χ2n) is 6.47. The number of aromatic nitrogens is 2. The van der Waals surface area contributed by atoms with Crippen molar-refractivity contribution in [2.75, 3.05) is 19.0 Å². The summed E-state index contributed by atoms with van der Waals surface area (Å²) in [5, 5.41) is 3.04. The number of anilines is 2. The SMILES string of the molecule is CCOc1ccc(Nc2nc(=O)c(OC)cn2Cc2cc(F)c(F)c(F)c2)c(C)c1. The van der Waals surface area contributed by atoms with Crippen molar-refractivity contribution in [1.29, 1.82) is 0 Å². The molecule has 9 heteroatoms. The highest BCUT2D eigenvalue weighted by atomic mass is 19.2. The molecule has 0 spiro atoms. The molecule has 0 aliphatic carbocycles. The van der Waals surface area contributed by atoms with Crippen molar-refractivity contribution in [2.45, 2.75) is 20.4 Å². The molecule has 0 fully saturated rings. The Morgan fingerprint density at radius 2 is 1.83 bits per heavy atom. The number of benzene rings is 2. The first-order valence-electron chi connectivity index (χ1n) is 9.11. The minimum absolute atomic E-state index is 0.0491. The average Bonchev–Trinajstić information content (AvgIpc) is 2.70. The number of hydrogen-bond donors (Lipinski definition) is 1. The molecule has 1 N–H and O–H groups in total. The van der Waals surface area contributed by atoms with Crippen molar-refractivity contribution in [3.63, 3.8) is 0 Å². The Kier molecular flexibility index (Phi) is 6.29. The predicted octanol–water partition coefficient (Wildman–Crippen LogP) is 4.17. The molecule has 0 unspecified atom stereocenters. The molecule has 1 aromatic heterocycles. The maximum atomic E-state index is 13.6. The fraction of sp³-hybridized carbons (Fsp3) is 0.238. The maximum Gasteiger partial charge on any atom is 0.316 e. The van der Waals surface area contributed by atoms with Gasteiger partial charge in [-0.2, -0.15) is 4.98 Å². The van der Waals surface area contributed by atoms with Crippen LogP contribution in [0.4, 0.5) is 24.8 Å². The lowest BCUT2D eigenvalue weighted by Crippen LogP contribution is -2.19. The summed E-state index contributed by atoms with van der Waals surface area (Å²) in [4.78, 5) is 16.1. The number of nitrogens with one attached hydrogen (secondary N) is 1. The molecule has 0 saturated carbocycles. The number of halogens is 3. The van der Waals surface area contributed by atoms with Crippen LogP contribution in [0.5, 0.6) is 11.5 Å². The van der Waals surface area contributed by atoms with E-state index in [0.717, 1.165) is 17.7 Å². The van der Waals surface area contributed by atoms with E-state index in [1.54, 1.807) is 12.1 Å². The van der Waals surface area contributed by atoms with Crippen molar-refractivity contribution < 1.29 is 22.6 Å². The Morgan fingerprint density at radius 3 is 2.43 bits per heavy atom. The largest absolute Gasteiger partial charge is 0.494 e. The summed E-state index contributed by atoms with van der Waals surface area (Å²) in [6, 6.07) is 7.11. The molecule has 30 heavy (non-hydrogen) atoms. The predicted molar refractivity (Wildman–Crippen MR) is 106 cm³/mol. The van der Waals surface area contributed by atoms with Gasteiger partial charge in [0.1, 0.15) is 5.75 Å². The summed E-state index contributed by atoms with van der Waals surface area (Å²) < 4.78 is 52.4. The van der Waals surface area contributed by atoms with Crippen LogP contribution >= 0.6 is 0 Å². The normalized spacial score (nSPS) is 10.7. The van der Waals surface area contributed by atoms with Gasteiger partial charge in [-0.15, -0.1) is 0 Å². The van der Waals surface area contributed by atoms with Gasteiger partial charge in [0.15, 0.2) is 17.5 Å². The standard InChI is InChI=1S/C21H20F3N3O3/c1-4-30-14-5-6-17(12(2)7-14)25-21-26-20(28)18(29-3)11-27(21)10-13-8-15(22)19(24)16(23)9-13/h5-9,11H,4,10H2,1-3H3,(H,25,26,28). The van der Waals surface area contributed by atoms with Crippen LogP contribution in [0.1, 0.15) is 18.1 Å². The molecule has 0 aliphatic rings. The van der Waals surface area contributed by atoms with Gasteiger partial charge >= 0.3 is 5.56 Å². The van der Waals surface area contributed by atoms with Crippen molar-refractivity contribution in [1.82, 2.24) is 9.55 Å². The Bertz CT molecular complexity index is 1110. The van der Waals surface area contributed by atoms with E-state index in [4.69, 9.17) is 9.47 Å². The van der Waals surface area contributed by atoms with Gasteiger partial charge in [-0.25, -0.2) is 13.2 Å². The number of rotatable bonds is 7. The third-order valence-corrected chi connectivity index (χ3v) is 4.34. The second-order valence-corrected chi connectivity index (χ2v) is 6.47. The zero-order valence-electron chi connectivity index (χ0n) is 16.6. The summed E-state index contributed by atoms with van der Waals surface area (Å²) in [6.07, 6.45) is 1.36. The minimum Gasteiger partial charge on any atom is -0.494 e. The molecule has 0 radical (unpaired) electrons. The first-order valence-corrected chi connectivity index (χ1v) is 9.11. The summed E-state index contributed by atoms with van der Waals surface area (Å²) in [5.41, 5.74) is 1.01. The van der Waals surface area contributed by atoms with Gasteiger partial charge in [0, 0.05) is 5.69 Å². The zero-order valence-corrected chi connectivity index (χ0v) is 16.6. The quantitative estimate of drug-likeness (QED) is 0.583. The molecule has 158 valence electrons. The van der Waals surface area contributed by atoms with E-state index >= 15 is 0 Å². The van der Waals surface area contributed by atoms with Gasteiger partial charge in [0.25, 0.3) is 0 Å². The van der Waals surface area contributed by atoms with E-state index in [9.17, 15) is 18.0 Å². The lowest BCUT2D eigenvalue weighted by Gasteiger charge is -2.17. The monoisotopic (exact) mass is 419 g/mol. The van der Waals surface area contributed by atoms with Crippen molar-refractivity contribution in [2.24, 2.45) is 0 Å². The van der Waals surface area contributed by atoms with E-state index in [1.165, 1.54) is 17.9 Å². The number of hydrogen-bond acceptors (Lipinski definition) is 5. The van der Waals surface area contributed by atoms with Crippen LogP contribution in [0, 0.1) is 24.4 Å². The van der Waals surface area contributed by atoms with Crippen LogP contribution in [-0.4, -0.2) is 23.3 Å². The van der Waals surface area contributed by atoms with Crippen LogP contribution < -0.4 is 20.3 Å². The van der Waals surface area contributed by atoms with Gasteiger partial charge in [0.05, 0.1) is 26.5 Å². The molecule has 2 aromatic carbocycles. The highest BCUT2D eigenvalue weighted by molar-refractivity contribution is 5.60. The van der Waals surface area contributed by atoms with Gasteiger partial charge < -0.3 is 19.4 Å². The summed E-state index contributed by atoms with van der Waals surface area (Å²) in [6.45, 7) is 4.16. The topological polar surface area (TPSA) is 65.4 Å². The lowest BCUT2D eigenvalue weighted by atomic mass is 10.2. The first kappa shape index (κ1) is 21.2. The maximum absolute atomic E-state index is 13.6. The molecule has 0 aliphatic heterocycles. The lowest BCUT2D eigenvalue weighted by molar-refractivity contribution is 0.340. The molecular formula is C21H20F3N3O3. The number of methoxy groups -OCH3 is 1. The molecule has 0 atom stereocenters. The van der Waals surface area contributed by atoms with Gasteiger partial charge in [0.2, 0.25) is 11.7 Å². The number of aryl methyl sites for hydroxylation is 1. The highest BCUT2D eigenvalue weighted by Crippen LogP contribution is 2.25. The molecular weight excluding hydrogens is 399 g/mol. The van der Waals surface area contributed by atoms with E-state index in [1.807, 2.05) is 19.9 Å². The molecule has 0 saturated heterocycles. The fourth-order valence-electron chi connectivity index (χ4n) is 2.88. The summed E-state index contributed by atoms with van der Waals surface area (Å²) in [7, 11) is 1.31. The molecule has 3 rings (SSSR count). The van der Waals surface area contributed by atoms with Crippen LogP contribution in [0.3, 0.4) is 0 Å². The molecule has 6 nitrogen and oxygen atoms in total. The smallest absolute Gasteiger partial charge is 0.316 e. The third kappa shape index (κ3) is 4.56. The fourth-order valence-corrected chi connectivity index (χ4v) is 2.88. The van der Waals surface area contributed by atoms with E-state index < -0.39 is 23.0 Å². The number of nitrogens with zero attached hydrogens (tertiary/aromatic N) is 2. The molecule has 0 amide bonds. The highest BCUT2D eigenvalue weighted by Gasteiger charge is 2.14. The summed E-state index contributed by atoms with van der Waals surface area (Å²) >= 11 is 0. The zero-order chi connectivity index (χ0) is 21.8. The van der Waals surface area contributed by atoms with Crippen LogP contribution in [0.25, 0.3) is 0 Å². The van der Waals surface area contributed by atoms with Gasteiger partial charge in [-0.3, -0.25) is 4.79 Å². The van der Waals surface area contributed by atoms with E-state index in [-0.39, 0.29) is 23.8 Å². The second kappa shape index (κ2) is 8.89. The van der Waals surface area contributed by atoms with E-state index in [0.29, 0.717) is 18.0 Å². The van der Waals surface area contributed by atoms with Crippen molar-refractivity contribution in [3.8, 4) is 11.5 Å². The van der Waals surface area contributed by atoms with Crippen LogP contribution in [0.15, 0.2) is 41.3 Å². The Morgan fingerprint density at radius 1 is 1.13 bits per heavy atom. The van der Waals surface area contributed by atoms with Gasteiger partial charge in [-0.1, -0.05) is 0 Å².